The van der Waals surface area contributed by atoms with Gasteiger partial charge in [-0.25, -0.2) is 8.42 Å². The summed E-state index contributed by atoms with van der Waals surface area (Å²) in [6, 6.07) is 13.9. The topological polar surface area (TPSA) is 71.4 Å². The van der Waals surface area contributed by atoms with Crippen molar-refractivity contribution in [3.63, 3.8) is 0 Å². The van der Waals surface area contributed by atoms with Gasteiger partial charge < -0.3 is 5.11 Å². The highest BCUT2D eigenvalue weighted by atomic mass is 32.2. The van der Waals surface area contributed by atoms with E-state index in [1.807, 2.05) is 0 Å². The van der Waals surface area contributed by atoms with Crippen molar-refractivity contribution in [2.24, 2.45) is 0 Å². The fourth-order valence-electron chi connectivity index (χ4n) is 1.82. The largest absolute Gasteiger partial charge is 0.481 e. The van der Waals surface area contributed by atoms with E-state index in [2.05, 4.69) is 0 Å². The molecule has 0 saturated heterocycles. The molecule has 21 heavy (non-hydrogen) atoms. The summed E-state index contributed by atoms with van der Waals surface area (Å²) in [5.41, 5.74) is 0.711. The normalized spacial score (nSPS) is 11.3. The molecule has 6 heteroatoms. The molecular weight excluding hydrogens is 308 g/mol. The standard InChI is InChI=1S/C15H14O4S2/c1-21(18,19)14-5-3-2-4-13(14)20-12-8-6-11(7-9-12)10-15(16)17/h2-9H,10H2,1H3,(H,16,17). The van der Waals surface area contributed by atoms with E-state index in [4.69, 9.17) is 5.11 Å². The first-order valence-electron chi connectivity index (χ1n) is 6.14. The highest BCUT2D eigenvalue weighted by molar-refractivity contribution is 8.00. The first kappa shape index (κ1) is 15.6. The van der Waals surface area contributed by atoms with E-state index in [-0.39, 0.29) is 6.42 Å². The lowest BCUT2D eigenvalue weighted by Gasteiger charge is -2.07. The summed E-state index contributed by atoms with van der Waals surface area (Å²) in [5.74, 6) is -0.877. The Bertz CT molecular complexity index is 749. The summed E-state index contributed by atoms with van der Waals surface area (Å²) in [4.78, 5) is 12.4. The monoisotopic (exact) mass is 322 g/mol. The summed E-state index contributed by atoms with van der Waals surface area (Å²) in [7, 11) is -3.28. The molecule has 2 aromatic rings. The van der Waals surface area contributed by atoms with Crippen LogP contribution in [0.15, 0.2) is 63.2 Å². The van der Waals surface area contributed by atoms with Gasteiger partial charge in [0, 0.05) is 16.0 Å². The van der Waals surface area contributed by atoms with E-state index in [0.717, 1.165) is 4.90 Å². The molecule has 0 amide bonds. The van der Waals surface area contributed by atoms with Crippen molar-refractivity contribution in [2.75, 3.05) is 6.26 Å². The highest BCUT2D eigenvalue weighted by Gasteiger charge is 2.13. The van der Waals surface area contributed by atoms with Crippen LogP contribution in [0.5, 0.6) is 0 Å². The predicted octanol–water partition coefficient (Wildman–Crippen LogP) is 2.87. The molecule has 4 nitrogen and oxygen atoms in total. The minimum Gasteiger partial charge on any atom is -0.481 e. The van der Waals surface area contributed by atoms with Gasteiger partial charge in [-0.3, -0.25) is 4.79 Å². The van der Waals surface area contributed by atoms with Crippen molar-refractivity contribution in [3.8, 4) is 0 Å². The molecule has 0 unspecified atom stereocenters. The second kappa shape index (κ2) is 6.32. The molecule has 0 aliphatic carbocycles. The van der Waals surface area contributed by atoms with Gasteiger partial charge in [0.25, 0.3) is 0 Å². The first-order valence-corrected chi connectivity index (χ1v) is 8.85. The number of aliphatic carboxylic acids is 1. The van der Waals surface area contributed by atoms with E-state index < -0.39 is 15.8 Å². The van der Waals surface area contributed by atoms with E-state index >= 15 is 0 Å². The molecule has 0 aliphatic rings. The number of rotatable bonds is 5. The van der Waals surface area contributed by atoms with Crippen LogP contribution < -0.4 is 0 Å². The fraction of sp³-hybridized carbons (Fsp3) is 0.133. The number of carboxylic acids is 1. The molecule has 1 N–H and O–H groups in total. The van der Waals surface area contributed by atoms with Crippen LogP contribution in [0.4, 0.5) is 0 Å². The van der Waals surface area contributed by atoms with E-state index in [1.54, 1.807) is 48.5 Å². The molecule has 0 bridgehead atoms. The van der Waals surface area contributed by atoms with Gasteiger partial charge in [0.05, 0.1) is 11.3 Å². The van der Waals surface area contributed by atoms with Crippen LogP contribution in [0.2, 0.25) is 0 Å². The first-order chi connectivity index (χ1) is 9.86. The Kier molecular flexibility index (Phi) is 4.69. The summed E-state index contributed by atoms with van der Waals surface area (Å²) < 4.78 is 23.5. The van der Waals surface area contributed by atoms with Crippen molar-refractivity contribution in [3.05, 3.63) is 54.1 Å². The highest BCUT2D eigenvalue weighted by Crippen LogP contribution is 2.32. The van der Waals surface area contributed by atoms with Gasteiger partial charge in [-0.05, 0) is 29.8 Å². The minimum absolute atomic E-state index is 0.0229. The number of hydrogen-bond acceptors (Lipinski definition) is 4. The Hall–Kier alpha value is -1.79. The number of benzene rings is 2. The molecule has 0 fully saturated rings. The summed E-state index contributed by atoms with van der Waals surface area (Å²) in [6.07, 6.45) is 1.16. The predicted molar refractivity (Wildman–Crippen MR) is 81.5 cm³/mol. The molecule has 0 spiro atoms. The van der Waals surface area contributed by atoms with Crippen molar-refractivity contribution in [1.29, 1.82) is 0 Å². The van der Waals surface area contributed by atoms with Crippen LogP contribution in [0.3, 0.4) is 0 Å². The quantitative estimate of drug-likeness (QED) is 0.916. The average Bonchev–Trinajstić information content (AvgIpc) is 2.40. The lowest BCUT2D eigenvalue weighted by atomic mass is 10.2. The summed E-state index contributed by atoms with van der Waals surface area (Å²) in [6.45, 7) is 0. The lowest BCUT2D eigenvalue weighted by Crippen LogP contribution is -2.00. The van der Waals surface area contributed by atoms with Crippen LogP contribution in [0, 0.1) is 0 Å². The van der Waals surface area contributed by atoms with Crippen molar-refractivity contribution in [1.82, 2.24) is 0 Å². The number of hydrogen-bond donors (Lipinski definition) is 1. The van der Waals surface area contributed by atoms with Crippen LogP contribution in [0.25, 0.3) is 0 Å². The second-order valence-corrected chi connectivity index (χ2v) is 7.63. The molecule has 0 heterocycles. The molecule has 0 aromatic heterocycles. The third-order valence-corrected chi connectivity index (χ3v) is 5.12. The Morgan fingerprint density at radius 3 is 2.29 bits per heavy atom. The SMILES string of the molecule is CS(=O)(=O)c1ccccc1Sc1ccc(CC(=O)O)cc1. The minimum atomic E-state index is -3.28. The zero-order valence-corrected chi connectivity index (χ0v) is 12.9. The maximum atomic E-state index is 11.7. The zero-order valence-electron chi connectivity index (χ0n) is 11.3. The van der Waals surface area contributed by atoms with Gasteiger partial charge in [0.2, 0.25) is 0 Å². The van der Waals surface area contributed by atoms with Gasteiger partial charge in [-0.15, -0.1) is 0 Å². The van der Waals surface area contributed by atoms with E-state index in [0.29, 0.717) is 15.4 Å². The fourth-order valence-corrected chi connectivity index (χ4v) is 4.00. The van der Waals surface area contributed by atoms with Gasteiger partial charge >= 0.3 is 5.97 Å². The molecule has 110 valence electrons. The van der Waals surface area contributed by atoms with E-state index in [9.17, 15) is 13.2 Å². The number of sulfone groups is 1. The molecule has 2 aromatic carbocycles. The lowest BCUT2D eigenvalue weighted by molar-refractivity contribution is -0.136. The van der Waals surface area contributed by atoms with E-state index in [1.165, 1.54) is 18.0 Å². The average molecular weight is 322 g/mol. The summed E-state index contributed by atoms with van der Waals surface area (Å²) >= 11 is 1.34. The van der Waals surface area contributed by atoms with Crippen LogP contribution >= 0.6 is 11.8 Å². The molecule has 0 saturated carbocycles. The van der Waals surface area contributed by atoms with Crippen LogP contribution in [0.1, 0.15) is 5.56 Å². The second-order valence-electron chi connectivity index (χ2n) is 4.54. The number of carbonyl (C=O) groups is 1. The molecule has 0 radical (unpaired) electrons. The molecule has 0 atom stereocenters. The molecular formula is C15H14O4S2. The smallest absolute Gasteiger partial charge is 0.307 e. The molecule has 0 aliphatic heterocycles. The van der Waals surface area contributed by atoms with Crippen molar-refractivity contribution in [2.45, 2.75) is 21.1 Å². The maximum Gasteiger partial charge on any atom is 0.307 e. The Morgan fingerprint density at radius 2 is 1.71 bits per heavy atom. The van der Waals surface area contributed by atoms with Crippen molar-refractivity contribution < 1.29 is 18.3 Å². The van der Waals surface area contributed by atoms with Gasteiger partial charge in [-0.2, -0.15) is 0 Å². The van der Waals surface area contributed by atoms with Gasteiger partial charge in [0.1, 0.15) is 0 Å². The maximum absolute atomic E-state index is 11.7. The third kappa shape index (κ3) is 4.34. The van der Waals surface area contributed by atoms with Gasteiger partial charge in [0.15, 0.2) is 9.84 Å². The zero-order chi connectivity index (χ0) is 15.5. The molecule has 2 rings (SSSR count). The third-order valence-electron chi connectivity index (χ3n) is 2.76. The summed E-state index contributed by atoms with van der Waals surface area (Å²) in [5, 5.41) is 8.73. The Labute approximate surface area is 127 Å². The van der Waals surface area contributed by atoms with Gasteiger partial charge in [-0.1, -0.05) is 36.0 Å². The number of carboxylic acid groups (broad SMARTS) is 1. The Balaban J connectivity index is 2.25. The van der Waals surface area contributed by atoms with Crippen molar-refractivity contribution >= 4 is 27.6 Å². The van der Waals surface area contributed by atoms with Crippen LogP contribution in [-0.2, 0) is 21.1 Å². The van der Waals surface area contributed by atoms with Crippen LogP contribution in [-0.4, -0.2) is 25.7 Å². The Morgan fingerprint density at radius 1 is 1.10 bits per heavy atom.